The maximum atomic E-state index is 13.0. The largest absolute Gasteiger partial charge is 0.289 e. The number of hydrogen-bond donors (Lipinski definition) is 1. The Labute approximate surface area is 130 Å². The third kappa shape index (κ3) is 3.60. The zero-order valence-corrected chi connectivity index (χ0v) is 13.2. The minimum Gasteiger partial charge on any atom is -0.289 e. The van der Waals surface area contributed by atoms with Crippen molar-refractivity contribution >= 4 is 27.8 Å². The Morgan fingerprint density at radius 1 is 1.24 bits per heavy atom. The molecule has 1 aromatic carbocycles. The van der Waals surface area contributed by atoms with Crippen LogP contribution in [-0.2, 0) is 12.8 Å². The Bertz CT molecular complexity index is 678. The molecule has 110 valence electrons. The van der Waals surface area contributed by atoms with Gasteiger partial charge in [-0.2, -0.15) is 0 Å². The first-order valence-electron chi connectivity index (χ1n) is 6.54. The molecule has 0 aliphatic carbocycles. The first kappa shape index (κ1) is 15.5. The fourth-order valence-corrected chi connectivity index (χ4v) is 2.36. The van der Waals surface area contributed by atoms with Gasteiger partial charge in [0.1, 0.15) is 5.82 Å². The van der Waals surface area contributed by atoms with Gasteiger partial charge < -0.3 is 0 Å². The molecule has 0 unspecified atom stereocenters. The third-order valence-electron chi connectivity index (χ3n) is 2.91. The predicted molar refractivity (Wildman–Crippen MR) is 80.6 cm³/mol. The number of halogens is 2. The Morgan fingerprint density at radius 3 is 2.57 bits per heavy atom. The summed E-state index contributed by atoms with van der Waals surface area (Å²) in [4.78, 5) is 16.4. The zero-order valence-electron chi connectivity index (χ0n) is 11.7. The molecule has 21 heavy (non-hydrogen) atoms. The molecule has 0 fully saturated rings. The lowest BCUT2D eigenvalue weighted by molar-refractivity contribution is 0.102. The van der Waals surface area contributed by atoms with Crippen LogP contribution in [-0.4, -0.2) is 21.1 Å². The SMILES string of the molecule is CCc1nnc(NC(=O)c2ccc(F)cc2Br)nc1CC. The van der Waals surface area contributed by atoms with E-state index in [-0.39, 0.29) is 5.95 Å². The molecule has 0 bridgehead atoms. The van der Waals surface area contributed by atoms with Gasteiger partial charge >= 0.3 is 0 Å². The van der Waals surface area contributed by atoms with E-state index >= 15 is 0 Å². The normalized spacial score (nSPS) is 10.5. The van der Waals surface area contributed by atoms with Gasteiger partial charge in [-0.15, -0.1) is 10.2 Å². The van der Waals surface area contributed by atoms with Crippen molar-refractivity contribution in [3.8, 4) is 0 Å². The first-order chi connectivity index (χ1) is 10.0. The van der Waals surface area contributed by atoms with E-state index in [9.17, 15) is 9.18 Å². The number of aryl methyl sites for hydroxylation is 2. The number of amides is 1. The standard InChI is InChI=1S/C14H14BrFN4O/c1-3-11-12(4-2)19-20-14(17-11)18-13(21)9-6-5-8(16)7-10(9)15/h5-7H,3-4H2,1-2H3,(H,17,18,20,21). The lowest BCUT2D eigenvalue weighted by Crippen LogP contribution is -2.17. The number of hydrogen-bond acceptors (Lipinski definition) is 4. The highest BCUT2D eigenvalue weighted by Crippen LogP contribution is 2.19. The minimum atomic E-state index is -0.421. The summed E-state index contributed by atoms with van der Waals surface area (Å²) in [5, 5.41) is 10.5. The molecule has 1 aromatic heterocycles. The molecule has 5 nitrogen and oxygen atoms in total. The molecular weight excluding hydrogens is 339 g/mol. The average molecular weight is 353 g/mol. The van der Waals surface area contributed by atoms with E-state index in [0.717, 1.165) is 17.8 Å². The summed E-state index contributed by atoms with van der Waals surface area (Å²) in [6.07, 6.45) is 1.45. The van der Waals surface area contributed by atoms with Crippen molar-refractivity contribution in [2.75, 3.05) is 5.32 Å². The van der Waals surface area contributed by atoms with Crippen molar-refractivity contribution < 1.29 is 9.18 Å². The molecule has 0 saturated carbocycles. The highest BCUT2D eigenvalue weighted by molar-refractivity contribution is 9.10. The van der Waals surface area contributed by atoms with Gasteiger partial charge in [-0.05, 0) is 47.0 Å². The molecule has 0 spiro atoms. The molecule has 0 aliphatic heterocycles. The summed E-state index contributed by atoms with van der Waals surface area (Å²) in [7, 11) is 0. The number of benzene rings is 1. The van der Waals surface area contributed by atoms with Crippen molar-refractivity contribution in [3.63, 3.8) is 0 Å². The van der Waals surface area contributed by atoms with Crippen LogP contribution in [0.3, 0.4) is 0 Å². The fraction of sp³-hybridized carbons (Fsp3) is 0.286. The molecule has 7 heteroatoms. The molecule has 2 aromatic rings. The molecule has 1 heterocycles. The van der Waals surface area contributed by atoms with Gasteiger partial charge in [-0.3, -0.25) is 10.1 Å². The monoisotopic (exact) mass is 352 g/mol. The van der Waals surface area contributed by atoms with Gasteiger partial charge in [0.05, 0.1) is 17.0 Å². The summed E-state index contributed by atoms with van der Waals surface area (Å²) in [6, 6.07) is 3.84. The van der Waals surface area contributed by atoms with Crippen LogP contribution >= 0.6 is 15.9 Å². The van der Waals surface area contributed by atoms with Crippen LogP contribution in [0.15, 0.2) is 22.7 Å². The molecule has 0 aliphatic rings. The molecule has 2 rings (SSSR count). The topological polar surface area (TPSA) is 67.8 Å². The van der Waals surface area contributed by atoms with E-state index < -0.39 is 11.7 Å². The minimum absolute atomic E-state index is 0.144. The summed E-state index contributed by atoms with van der Waals surface area (Å²) in [5.74, 6) is -0.697. The van der Waals surface area contributed by atoms with Crippen LogP contribution in [0.5, 0.6) is 0 Å². The lowest BCUT2D eigenvalue weighted by atomic mass is 10.2. The van der Waals surface area contributed by atoms with Gasteiger partial charge in [0, 0.05) is 4.47 Å². The van der Waals surface area contributed by atoms with Crippen LogP contribution in [0, 0.1) is 5.82 Å². The molecule has 0 saturated heterocycles. The van der Waals surface area contributed by atoms with E-state index in [1.807, 2.05) is 13.8 Å². The Morgan fingerprint density at radius 2 is 1.95 bits per heavy atom. The maximum Gasteiger partial charge on any atom is 0.259 e. The molecule has 0 atom stereocenters. The first-order valence-corrected chi connectivity index (χ1v) is 7.33. The van der Waals surface area contributed by atoms with Gasteiger partial charge in [0.25, 0.3) is 5.91 Å². The van der Waals surface area contributed by atoms with E-state index in [4.69, 9.17) is 0 Å². The summed E-state index contributed by atoms with van der Waals surface area (Å²) in [5.41, 5.74) is 1.93. The van der Waals surface area contributed by atoms with Crippen LogP contribution in [0.4, 0.5) is 10.3 Å². The number of carbonyl (C=O) groups excluding carboxylic acids is 1. The van der Waals surface area contributed by atoms with E-state index in [1.165, 1.54) is 18.2 Å². The number of nitrogens with zero attached hydrogens (tertiary/aromatic N) is 3. The van der Waals surface area contributed by atoms with Gasteiger partial charge in [0.15, 0.2) is 0 Å². The number of nitrogens with one attached hydrogen (secondary N) is 1. The second-order valence-electron chi connectivity index (χ2n) is 4.31. The number of carbonyl (C=O) groups is 1. The fourth-order valence-electron chi connectivity index (χ4n) is 1.83. The zero-order chi connectivity index (χ0) is 15.4. The Kier molecular flexibility index (Phi) is 4.95. The molecular formula is C14H14BrFN4O. The predicted octanol–water partition coefficient (Wildman–Crippen LogP) is 3.15. The van der Waals surface area contributed by atoms with Crippen molar-refractivity contribution in [2.45, 2.75) is 26.7 Å². The van der Waals surface area contributed by atoms with Crippen LogP contribution in [0.25, 0.3) is 0 Å². The smallest absolute Gasteiger partial charge is 0.259 e. The second kappa shape index (κ2) is 6.71. The van der Waals surface area contributed by atoms with Gasteiger partial charge in [0.2, 0.25) is 5.95 Å². The Hall–Kier alpha value is -1.89. The van der Waals surface area contributed by atoms with E-state index in [2.05, 4.69) is 36.4 Å². The van der Waals surface area contributed by atoms with Crippen LogP contribution in [0.2, 0.25) is 0 Å². The molecule has 1 amide bonds. The van der Waals surface area contributed by atoms with Gasteiger partial charge in [-0.1, -0.05) is 13.8 Å². The molecule has 1 N–H and O–H groups in total. The summed E-state index contributed by atoms with van der Waals surface area (Å²) < 4.78 is 13.4. The van der Waals surface area contributed by atoms with Crippen molar-refractivity contribution in [1.82, 2.24) is 15.2 Å². The highest BCUT2D eigenvalue weighted by atomic mass is 79.9. The van der Waals surface area contributed by atoms with Crippen molar-refractivity contribution in [3.05, 3.63) is 45.4 Å². The van der Waals surface area contributed by atoms with Crippen LogP contribution < -0.4 is 5.32 Å². The van der Waals surface area contributed by atoms with Gasteiger partial charge in [-0.25, -0.2) is 9.37 Å². The number of anilines is 1. The maximum absolute atomic E-state index is 13.0. The average Bonchev–Trinajstić information content (AvgIpc) is 2.46. The Balaban J connectivity index is 2.23. The number of rotatable bonds is 4. The number of aromatic nitrogens is 3. The molecule has 0 radical (unpaired) electrons. The highest BCUT2D eigenvalue weighted by Gasteiger charge is 2.14. The third-order valence-corrected chi connectivity index (χ3v) is 3.57. The second-order valence-corrected chi connectivity index (χ2v) is 5.17. The van der Waals surface area contributed by atoms with E-state index in [0.29, 0.717) is 16.5 Å². The summed E-state index contributed by atoms with van der Waals surface area (Å²) in [6.45, 7) is 3.93. The van der Waals surface area contributed by atoms with Crippen molar-refractivity contribution in [2.24, 2.45) is 0 Å². The summed E-state index contributed by atoms with van der Waals surface area (Å²) >= 11 is 3.15. The van der Waals surface area contributed by atoms with Crippen molar-refractivity contribution in [1.29, 1.82) is 0 Å². The van der Waals surface area contributed by atoms with E-state index in [1.54, 1.807) is 0 Å². The quantitative estimate of drug-likeness (QED) is 0.917. The lowest BCUT2D eigenvalue weighted by Gasteiger charge is -2.08. The van der Waals surface area contributed by atoms with Crippen LogP contribution in [0.1, 0.15) is 35.6 Å².